The second kappa shape index (κ2) is 4.56. The molecule has 0 aliphatic heterocycles. The quantitative estimate of drug-likeness (QED) is 0.573. The van der Waals surface area contributed by atoms with Crippen LogP contribution in [0.2, 0.25) is 0 Å². The molecule has 2 N–H and O–H groups in total. The van der Waals surface area contributed by atoms with Crippen LogP contribution in [-0.4, -0.2) is 27.1 Å². The summed E-state index contributed by atoms with van der Waals surface area (Å²) in [7, 11) is -1.82. The van der Waals surface area contributed by atoms with E-state index in [1.807, 2.05) is 0 Å². The third-order valence-electron chi connectivity index (χ3n) is 2.09. The SMILES string of the molecule is OB(O)c1cc(F)nc(-c2cccc(F)n2)c1. The van der Waals surface area contributed by atoms with Gasteiger partial charge >= 0.3 is 7.12 Å². The van der Waals surface area contributed by atoms with E-state index in [9.17, 15) is 8.78 Å². The molecule has 2 aromatic heterocycles. The van der Waals surface area contributed by atoms with E-state index < -0.39 is 19.0 Å². The predicted molar refractivity (Wildman–Crippen MR) is 57.2 cm³/mol. The number of nitrogens with zero attached hydrogens (tertiary/aromatic N) is 2. The van der Waals surface area contributed by atoms with Crippen LogP contribution in [0.3, 0.4) is 0 Å². The zero-order valence-electron chi connectivity index (χ0n) is 8.51. The lowest BCUT2D eigenvalue weighted by molar-refractivity contribution is 0.425. The Morgan fingerprint density at radius 1 is 0.941 bits per heavy atom. The Kier molecular flexibility index (Phi) is 3.12. The van der Waals surface area contributed by atoms with Crippen LogP contribution in [-0.2, 0) is 0 Å². The highest BCUT2D eigenvalue weighted by molar-refractivity contribution is 6.58. The Morgan fingerprint density at radius 2 is 1.65 bits per heavy atom. The summed E-state index contributed by atoms with van der Waals surface area (Å²) in [5.41, 5.74) is 0.0811. The first-order valence-corrected chi connectivity index (χ1v) is 4.73. The van der Waals surface area contributed by atoms with Gasteiger partial charge in [-0.05, 0) is 29.7 Å². The van der Waals surface area contributed by atoms with Crippen LogP contribution >= 0.6 is 0 Å². The maximum absolute atomic E-state index is 13.1. The van der Waals surface area contributed by atoms with E-state index in [1.54, 1.807) is 0 Å². The summed E-state index contributed by atoms with van der Waals surface area (Å²) < 4.78 is 26.0. The molecular weight excluding hydrogens is 229 g/mol. The normalized spacial score (nSPS) is 10.4. The summed E-state index contributed by atoms with van der Waals surface area (Å²) in [5, 5.41) is 17.9. The van der Waals surface area contributed by atoms with E-state index in [-0.39, 0.29) is 16.9 Å². The van der Waals surface area contributed by atoms with Crippen molar-refractivity contribution in [3.8, 4) is 11.4 Å². The van der Waals surface area contributed by atoms with Gasteiger partial charge in [0.25, 0.3) is 0 Å². The van der Waals surface area contributed by atoms with Crippen molar-refractivity contribution >= 4 is 12.6 Å². The highest BCUT2D eigenvalue weighted by atomic mass is 19.1. The van der Waals surface area contributed by atoms with Crippen LogP contribution in [0.15, 0.2) is 30.3 Å². The molecule has 0 saturated heterocycles. The highest BCUT2D eigenvalue weighted by Gasteiger charge is 2.15. The number of rotatable bonds is 2. The van der Waals surface area contributed by atoms with Crippen molar-refractivity contribution in [3.05, 3.63) is 42.2 Å². The smallest absolute Gasteiger partial charge is 0.423 e. The molecule has 0 atom stereocenters. The average molecular weight is 236 g/mol. The molecule has 2 aromatic rings. The van der Waals surface area contributed by atoms with Gasteiger partial charge in [-0.15, -0.1) is 0 Å². The third kappa shape index (κ3) is 2.63. The molecule has 0 saturated carbocycles. The molecule has 0 aromatic carbocycles. The van der Waals surface area contributed by atoms with Gasteiger partial charge in [0.1, 0.15) is 0 Å². The summed E-state index contributed by atoms with van der Waals surface area (Å²) >= 11 is 0. The Bertz CT molecular complexity index is 552. The van der Waals surface area contributed by atoms with E-state index >= 15 is 0 Å². The molecule has 0 bridgehead atoms. The molecule has 86 valence electrons. The van der Waals surface area contributed by atoms with Gasteiger partial charge in [0, 0.05) is 0 Å². The van der Waals surface area contributed by atoms with Crippen molar-refractivity contribution in [2.45, 2.75) is 0 Å². The standard InChI is InChI=1S/C10H7BF2N2O2/c12-9-3-1-2-7(14-9)8-4-6(11(16)17)5-10(13)15-8/h1-5,16-17H. The molecule has 7 heteroatoms. The van der Waals surface area contributed by atoms with Crippen LogP contribution in [0.4, 0.5) is 8.78 Å². The fourth-order valence-electron chi connectivity index (χ4n) is 1.35. The van der Waals surface area contributed by atoms with Crippen LogP contribution in [0, 0.1) is 11.9 Å². The molecule has 2 heterocycles. The summed E-state index contributed by atoms with van der Waals surface area (Å²) in [6.45, 7) is 0. The maximum Gasteiger partial charge on any atom is 0.488 e. The molecule has 17 heavy (non-hydrogen) atoms. The third-order valence-corrected chi connectivity index (χ3v) is 2.09. The number of hydrogen-bond donors (Lipinski definition) is 2. The molecule has 4 nitrogen and oxygen atoms in total. The second-order valence-electron chi connectivity index (χ2n) is 3.33. The number of hydrogen-bond acceptors (Lipinski definition) is 4. The van der Waals surface area contributed by atoms with Gasteiger partial charge in [-0.1, -0.05) is 6.07 Å². The van der Waals surface area contributed by atoms with Gasteiger partial charge in [0.05, 0.1) is 11.4 Å². The first-order chi connectivity index (χ1) is 8.06. The lowest BCUT2D eigenvalue weighted by Crippen LogP contribution is -2.30. The minimum atomic E-state index is -1.82. The summed E-state index contributed by atoms with van der Waals surface area (Å²) in [6, 6.07) is 6.10. The molecule has 0 spiro atoms. The zero-order chi connectivity index (χ0) is 12.4. The van der Waals surface area contributed by atoms with Crippen molar-refractivity contribution in [1.82, 2.24) is 9.97 Å². The first kappa shape index (κ1) is 11.6. The minimum Gasteiger partial charge on any atom is -0.423 e. The van der Waals surface area contributed by atoms with Crippen LogP contribution in [0.1, 0.15) is 0 Å². The topological polar surface area (TPSA) is 66.2 Å². The van der Waals surface area contributed by atoms with Gasteiger partial charge in [-0.3, -0.25) is 0 Å². The van der Waals surface area contributed by atoms with Crippen molar-refractivity contribution in [2.75, 3.05) is 0 Å². The van der Waals surface area contributed by atoms with Gasteiger partial charge < -0.3 is 10.0 Å². The van der Waals surface area contributed by atoms with E-state index in [0.717, 1.165) is 12.1 Å². The van der Waals surface area contributed by atoms with Gasteiger partial charge in [0.15, 0.2) is 0 Å². The van der Waals surface area contributed by atoms with Gasteiger partial charge in [-0.25, -0.2) is 9.97 Å². The van der Waals surface area contributed by atoms with E-state index in [0.29, 0.717) is 0 Å². The van der Waals surface area contributed by atoms with Crippen molar-refractivity contribution in [3.63, 3.8) is 0 Å². The average Bonchev–Trinajstić information content (AvgIpc) is 2.28. The zero-order valence-corrected chi connectivity index (χ0v) is 8.51. The summed E-state index contributed by atoms with van der Waals surface area (Å²) in [4.78, 5) is 7.04. The second-order valence-corrected chi connectivity index (χ2v) is 3.33. The Labute approximate surface area is 95.7 Å². The molecule has 0 unspecified atom stereocenters. The summed E-state index contributed by atoms with van der Waals surface area (Å²) in [6.07, 6.45) is 0. The predicted octanol–water partition coefficient (Wildman–Crippen LogP) is 0.102. The molecular formula is C10H7BF2N2O2. The molecule has 0 radical (unpaired) electrons. The van der Waals surface area contributed by atoms with Crippen LogP contribution in [0.25, 0.3) is 11.4 Å². The lowest BCUT2D eigenvalue weighted by atomic mass is 9.80. The van der Waals surface area contributed by atoms with Gasteiger partial charge in [0.2, 0.25) is 11.9 Å². The Hall–Kier alpha value is -1.86. The van der Waals surface area contributed by atoms with E-state index in [1.165, 1.54) is 18.2 Å². The number of halogens is 2. The first-order valence-electron chi connectivity index (χ1n) is 4.73. The fraction of sp³-hybridized carbons (Fsp3) is 0. The molecule has 2 rings (SSSR count). The number of aromatic nitrogens is 2. The van der Waals surface area contributed by atoms with Crippen molar-refractivity contribution in [2.24, 2.45) is 0 Å². The minimum absolute atomic E-state index is 0.0348. The fourth-order valence-corrected chi connectivity index (χ4v) is 1.35. The molecule has 0 aliphatic rings. The van der Waals surface area contributed by atoms with Crippen molar-refractivity contribution in [1.29, 1.82) is 0 Å². The van der Waals surface area contributed by atoms with E-state index in [4.69, 9.17) is 10.0 Å². The maximum atomic E-state index is 13.1. The largest absolute Gasteiger partial charge is 0.488 e. The highest BCUT2D eigenvalue weighted by Crippen LogP contribution is 2.13. The summed E-state index contributed by atoms with van der Waals surface area (Å²) in [5.74, 6) is -1.61. The van der Waals surface area contributed by atoms with Crippen LogP contribution in [0.5, 0.6) is 0 Å². The van der Waals surface area contributed by atoms with E-state index in [2.05, 4.69) is 9.97 Å². The van der Waals surface area contributed by atoms with Crippen LogP contribution < -0.4 is 5.46 Å². The van der Waals surface area contributed by atoms with Gasteiger partial charge in [-0.2, -0.15) is 8.78 Å². The Balaban J connectivity index is 2.52. The lowest BCUT2D eigenvalue weighted by Gasteiger charge is -2.04. The van der Waals surface area contributed by atoms with Crippen molar-refractivity contribution < 1.29 is 18.8 Å². The molecule has 0 amide bonds. The molecule has 0 aliphatic carbocycles. The monoisotopic (exact) mass is 236 g/mol. The molecule has 0 fully saturated rings. The Morgan fingerprint density at radius 3 is 2.29 bits per heavy atom. The number of pyridine rings is 2.